The second-order valence-electron chi connectivity index (χ2n) is 3.91. The summed E-state index contributed by atoms with van der Waals surface area (Å²) in [5.74, 6) is 1.47. The number of aromatic nitrogens is 4. The molecular weight excluding hydrogens is 262 g/mol. The summed E-state index contributed by atoms with van der Waals surface area (Å²) >= 11 is 1.31. The van der Waals surface area contributed by atoms with E-state index in [-0.39, 0.29) is 5.56 Å². The van der Waals surface area contributed by atoms with Crippen molar-refractivity contribution in [2.75, 3.05) is 11.9 Å². The van der Waals surface area contributed by atoms with Crippen LogP contribution in [-0.2, 0) is 0 Å². The van der Waals surface area contributed by atoms with E-state index in [2.05, 4.69) is 32.2 Å². The average Bonchev–Trinajstić information content (AvgIpc) is 2.35. The Balaban J connectivity index is 2.20. The zero-order valence-electron chi connectivity index (χ0n) is 10.8. The Morgan fingerprint density at radius 1 is 1.42 bits per heavy atom. The molecule has 19 heavy (non-hydrogen) atoms. The van der Waals surface area contributed by atoms with E-state index < -0.39 is 0 Å². The van der Waals surface area contributed by atoms with Gasteiger partial charge in [-0.05, 0) is 25.1 Å². The van der Waals surface area contributed by atoms with Gasteiger partial charge in [0.05, 0.1) is 0 Å². The van der Waals surface area contributed by atoms with Gasteiger partial charge < -0.3 is 10.3 Å². The molecule has 6 nitrogen and oxygen atoms in total. The van der Waals surface area contributed by atoms with Crippen molar-refractivity contribution < 1.29 is 0 Å². The van der Waals surface area contributed by atoms with E-state index in [0.717, 1.165) is 23.8 Å². The maximum atomic E-state index is 11.2. The first kappa shape index (κ1) is 13.5. The minimum atomic E-state index is -0.174. The molecule has 2 aromatic rings. The van der Waals surface area contributed by atoms with Gasteiger partial charge in [-0.25, -0.2) is 15.0 Å². The van der Waals surface area contributed by atoms with Crippen molar-refractivity contribution in [3.63, 3.8) is 0 Å². The van der Waals surface area contributed by atoms with E-state index in [1.54, 1.807) is 0 Å². The third-order valence-corrected chi connectivity index (χ3v) is 3.04. The van der Waals surface area contributed by atoms with Crippen molar-refractivity contribution in [2.24, 2.45) is 0 Å². The van der Waals surface area contributed by atoms with Gasteiger partial charge >= 0.3 is 0 Å². The van der Waals surface area contributed by atoms with Crippen LogP contribution in [0, 0.1) is 6.92 Å². The van der Waals surface area contributed by atoms with Crippen molar-refractivity contribution in [3.05, 3.63) is 34.5 Å². The Bertz CT molecular complexity index is 613. The first-order valence-electron chi connectivity index (χ1n) is 6.00. The van der Waals surface area contributed by atoms with Gasteiger partial charge in [0.15, 0.2) is 5.16 Å². The Morgan fingerprint density at radius 2 is 2.26 bits per heavy atom. The summed E-state index contributed by atoms with van der Waals surface area (Å²) in [6.45, 7) is 4.79. The normalized spacial score (nSPS) is 10.4. The molecule has 100 valence electrons. The number of aromatic amines is 1. The van der Waals surface area contributed by atoms with Gasteiger partial charge in [-0.2, -0.15) is 0 Å². The molecule has 0 fully saturated rings. The van der Waals surface area contributed by atoms with Gasteiger partial charge in [0.25, 0.3) is 5.56 Å². The molecular formula is C12H15N5OS. The van der Waals surface area contributed by atoms with Crippen LogP contribution >= 0.6 is 11.8 Å². The second kappa shape index (κ2) is 6.33. The molecule has 2 heterocycles. The van der Waals surface area contributed by atoms with Crippen LogP contribution in [-0.4, -0.2) is 26.5 Å². The van der Waals surface area contributed by atoms with Crippen LogP contribution < -0.4 is 10.9 Å². The van der Waals surface area contributed by atoms with Gasteiger partial charge in [-0.15, -0.1) is 0 Å². The van der Waals surface area contributed by atoms with Crippen LogP contribution in [0.2, 0.25) is 0 Å². The van der Waals surface area contributed by atoms with Crippen LogP contribution in [0.3, 0.4) is 0 Å². The standard InChI is InChI=1S/C12H15N5OS/c1-3-5-13-9-7-11(16-8(2)15-9)19-12-14-6-4-10(18)17-12/h4,6-7H,3,5H2,1-2H3,(H,13,15,16)(H,14,17,18). The first-order valence-corrected chi connectivity index (χ1v) is 6.82. The molecule has 7 heteroatoms. The fraction of sp³-hybridized carbons (Fsp3) is 0.333. The van der Waals surface area contributed by atoms with Crippen molar-refractivity contribution in [3.8, 4) is 0 Å². The average molecular weight is 277 g/mol. The Morgan fingerprint density at radius 3 is 3.00 bits per heavy atom. The predicted octanol–water partition coefficient (Wildman–Crippen LogP) is 1.84. The van der Waals surface area contributed by atoms with Crippen LogP contribution in [0.5, 0.6) is 0 Å². The lowest BCUT2D eigenvalue weighted by Gasteiger charge is -2.06. The molecule has 2 N–H and O–H groups in total. The third kappa shape index (κ3) is 4.06. The van der Waals surface area contributed by atoms with Crippen molar-refractivity contribution in [1.29, 1.82) is 0 Å². The summed E-state index contributed by atoms with van der Waals surface area (Å²) in [5.41, 5.74) is -0.174. The molecule has 0 unspecified atom stereocenters. The highest BCUT2D eigenvalue weighted by Crippen LogP contribution is 2.23. The minimum absolute atomic E-state index is 0.174. The zero-order valence-corrected chi connectivity index (χ0v) is 11.6. The van der Waals surface area contributed by atoms with Gasteiger partial charge in [-0.1, -0.05) is 6.92 Å². The molecule has 0 saturated carbocycles. The van der Waals surface area contributed by atoms with E-state index >= 15 is 0 Å². The lowest BCUT2D eigenvalue weighted by atomic mass is 10.4. The highest BCUT2D eigenvalue weighted by molar-refractivity contribution is 7.99. The molecule has 0 radical (unpaired) electrons. The number of anilines is 1. The zero-order chi connectivity index (χ0) is 13.7. The fourth-order valence-corrected chi connectivity index (χ4v) is 2.25. The van der Waals surface area contributed by atoms with Crippen LogP contribution in [0.1, 0.15) is 19.2 Å². The monoisotopic (exact) mass is 277 g/mol. The van der Waals surface area contributed by atoms with E-state index in [0.29, 0.717) is 11.0 Å². The van der Waals surface area contributed by atoms with E-state index in [1.165, 1.54) is 24.0 Å². The topological polar surface area (TPSA) is 83.6 Å². The lowest BCUT2D eigenvalue weighted by Crippen LogP contribution is -2.06. The summed E-state index contributed by atoms with van der Waals surface area (Å²) in [7, 11) is 0. The third-order valence-electron chi connectivity index (χ3n) is 2.22. The largest absolute Gasteiger partial charge is 0.370 e. The number of rotatable bonds is 5. The molecule has 0 aromatic carbocycles. The van der Waals surface area contributed by atoms with Crippen molar-refractivity contribution >= 4 is 17.6 Å². The quantitative estimate of drug-likeness (QED) is 0.641. The molecule has 0 aliphatic heterocycles. The summed E-state index contributed by atoms with van der Waals surface area (Å²) in [4.78, 5) is 26.6. The number of nitrogens with zero attached hydrogens (tertiary/aromatic N) is 3. The van der Waals surface area contributed by atoms with E-state index in [4.69, 9.17) is 0 Å². The number of aryl methyl sites for hydroxylation is 1. The van der Waals surface area contributed by atoms with Gasteiger partial charge in [0, 0.05) is 24.9 Å². The minimum Gasteiger partial charge on any atom is -0.370 e. The Kier molecular flexibility index (Phi) is 4.51. The molecule has 0 saturated heterocycles. The molecule has 0 aliphatic rings. The number of H-pyrrole nitrogens is 1. The molecule has 2 aromatic heterocycles. The van der Waals surface area contributed by atoms with Crippen molar-refractivity contribution in [2.45, 2.75) is 30.5 Å². The van der Waals surface area contributed by atoms with Gasteiger partial charge in [-0.3, -0.25) is 4.79 Å². The molecule has 0 spiro atoms. The summed E-state index contributed by atoms with van der Waals surface area (Å²) in [6.07, 6.45) is 2.50. The first-order chi connectivity index (χ1) is 9.17. The van der Waals surface area contributed by atoms with E-state index in [1.807, 2.05) is 13.0 Å². The second-order valence-corrected chi connectivity index (χ2v) is 4.92. The van der Waals surface area contributed by atoms with Crippen LogP contribution in [0.4, 0.5) is 5.82 Å². The number of hydrogen-bond acceptors (Lipinski definition) is 6. The molecule has 0 aliphatic carbocycles. The van der Waals surface area contributed by atoms with Crippen LogP contribution in [0.25, 0.3) is 0 Å². The highest BCUT2D eigenvalue weighted by atomic mass is 32.2. The maximum absolute atomic E-state index is 11.2. The lowest BCUT2D eigenvalue weighted by molar-refractivity contribution is 0.910. The predicted molar refractivity (Wildman–Crippen MR) is 74.5 cm³/mol. The molecule has 0 bridgehead atoms. The van der Waals surface area contributed by atoms with Gasteiger partial charge in [0.2, 0.25) is 0 Å². The Labute approximate surface area is 115 Å². The number of nitrogens with one attached hydrogen (secondary N) is 2. The van der Waals surface area contributed by atoms with E-state index in [9.17, 15) is 4.79 Å². The SMILES string of the molecule is CCCNc1cc(Sc2nccc(=O)[nH]2)nc(C)n1. The highest BCUT2D eigenvalue weighted by Gasteiger charge is 2.05. The Hall–Kier alpha value is -1.89. The summed E-state index contributed by atoms with van der Waals surface area (Å²) in [6, 6.07) is 3.23. The molecule has 0 amide bonds. The van der Waals surface area contributed by atoms with Crippen LogP contribution in [0.15, 0.2) is 33.3 Å². The fourth-order valence-electron chi connectivity index (χ4n) is 1.44. The summed E-state index contributed by atoms with van der Waals surface area (Å²) in [5, 5.41) is 4.49. The maximum Gasteiger partial charge on any atom is 0.251 e. The van der Waals surface area contributed by atoms with Gasteiger partial charge in [0.1, 0.15) is 16.7 Å². The number of hydrogen-bond donors (Lipinski definition) is 2. The summed E-state index contributed by atoms with van der Waals surface area (Å²) < 4.78 is 0. The molecule has 2 rings (SSSR count). The molecule has 0 atom stereocenters. The smallest absolute Gasteiger partial charge is 0.251 e. The van der Waals surface area contributed by atoms with Crippen molar-refractivity contribution in [1.82, 2.24) is 19.9 Å².